The van der Waals surface area contributed by atoms with Gasteiger partial charge in [0.2, 0.25) is 11.8 Å². The van der Waals surface area contributed by atoms with E-state index >= 15 is 0 Å². The van der Waals surface area contributed by atoms with Crippen LogP contribution in [0.1, 0.15) is 45.2 Å². The van der Waals surface area contributed by atoms with E-state index in [0.717, 1.165) is 20.3 Å². The van der Waals surface area contributed by atoms with Gasteiger partial charge in [-0.15, -0.1) is 11.8 Å². The topological polar surface area (TPSA) is 96.0 Å². The molecule has 0 aliphatic rings. The molecule has 2 amide bonds. The third kappa shape index (κ3) is 8.29. The van der Waals surface area contributed by atoms with Crippen molar-refractivity contribution in [1.82, 2.24) is 10.2 Å². The van der Waals surface area contributed by atoms with Crippen molar-refractivity contribution in [1.29, 1.82) is 0 Å². The average Bonchev–Trinajstić information content (AvgIpc) is 2.97. The Morgan fingerprint density at radius 2 is 1.60 bits per heavy atom. The third-order valence-electron chi connectivity index (χ3n) is 6.65. The predicted molar refractivity (Wildman–Crippen MR) is 169 cm³/mol. The quantitative estimate of drug-likeness (QED) is 0.237. The van der Waals surface area contributed by atoms with E-state index < -0.39 is 28.5 Å². The van der Waals surface area contributed by atoms with E-state index in [1.54, 1.807) is 36.4 Å². The lowest BCUT2D eigenvalue weighted by Crippen LogP contribution is -2.53. The SMILES string of the molecule is CCOc1ccccc1N(CC(=O)N(Cc1ccc(C)cc1)C(CC)C(=O)NC(C)C)S(=O)(=O)c1ccc(SC)cc1. The van der Waals surface area contributed by atoms with Crippen LogP contribution in [0.4, 0.5) is 5.69 Å². The molecule has 0 aliphatic carbocycles. The minimum atomic E-state index is -4.20. The number of rotatable bonds is 14. The first kappa shape index (κ1) is 33.0. The highest BCUT2D eigenvalue weighted by atomic mass is 32.2. The first-order valence-electron chi connectivity index (χ1n) is 14.1. The van der Waals surface area contributed by atoms with Gasteiger partial charge in [0.15, 0.2) is 0 Å². The molecule has 10 heteroatoms. The Morgan fingerprint density at radius 3 is 2.17 bits per heavy atom. The molecule has 1 unspecified atom stereocenters. The number of carbonyl (C=O) groups is 2. The second-order valence-corrected chi connectivity index (χ2v) is 12.9. The molecule has 0 saturated carbocycles. The summed E-state index contributed by atoms with van der Waals surface area (Å²) in [7, 11) is -4.20. The summed E-state index contributed by atoms with van der Waals surface area (Å²) in [6.07, 6.45) is 2.27. The molecule has 0 fully saturated rings. The molecule has 3 aromatic carbocycles. The summed E-state index contributed by atoms with van der Waals surface area (Å²) in [5, 5.41) is 2.92. The Hall–Kier alpha value is -3.50. The van der Waals surface area contributed by atoms with Gasteiger partial charge in [-0.2, -0.15) is 0 Å². The number of nitrogens with zero attached hydrogens (tertiary/aromatic N) is 2. The van der Waals surface area contributed by atoms with E-state index in [4.69, 9.17) is 4.74 Å². The fourth-order valence-electron chi connectivity index (χ4n) is 4.52. The van der Waals surface area contributed by atoms with E-state index in [-0.39, 0.29) is 29.1 Å². The van der Waals surface area contributed by atoms with E-state index in [1.807, 2.05) is 65.1 Å². The molecular formula is C32H41N3O5S2. The van der Waals surface area contributed by atoms with E-state index in [0.29, 0.717) is 18.8 Å². The molecule has 42 heavy (non-hydrogen) atoms. The number of ether oxygens (including phenoxy) is 1. The van der Waals surface area contributed by atoms with Crippen LogP contribution < -0.4 is 14.4 Å². The lowest BCUT2D eigenvalue weighted by molar-refractivity contribution is -0.140. The van der Waals surface area contributed by atoms with Crippen molar-refractivity contribution in [2.75, 3.05) is 23.7 Å². The number of thioether (sulfide) groups is 1. The van der Waals surface area contributed by atoms with E-state index in [1.165, 1.54) is 28.8 Å². The van der Waals surface area contributed by atoms with Crippen molar-refractivity contribution in [3.8, 4) is 5.75 Å². The maximum absolute atomic E-state index is 14.2. The van der Waals surface area contributed by atoms with Crippen LogP contribution in [0, 0.1) is 6.92 Å². The van der Waals surface area contributed by atoms with Crippen molar-refractivity contribution < 1.29 is 22.7 Å². The number of hydrogen-bond donors (Lipinski definition) is 1. The third-order valence-corrected chi connectivity index (χ3v) is 9.17. The Morgan fingerprint density at radius 1 is 0.952 bits per heavy atom. The van der Waals surface area contributed by atoms with Crippen molar-refractivity contribution in [3.05, 3.63) is 83.9 Å². The van der Waals surface area contributed by atoms with Crippen molar-refractivity contribution in [2.45, 2.75) is 69.5 Å². The molecule has 3 aromatic rings. The van der Waals surface area contributed by atoms with Crippen LogP contribution in [0.3, 0.4) is 0 Å². The van der Waals surface area contributed by atoms with Gasteiger partial charge in [-0.25, -0.2) is 8.42 Å². The van der Waals surface area contributed by atoms with Crippen LogP contribution in [0.2, 0.25) is 0 Å². The van der Waals surface area contributed by atoms with Gasteiger partial charge in [-0.3, -0.25) is 13.9 Å². The summed E-state index contributed by atoms with van der Waals surface area (Å²) in [6.45, 7) is 9.28. The molecule has 0 saturated heterocycles. The van der Waals surface area contributed by atoms with Gasteiger partial charge < -0.3 is 15.0 Å². The molecule has 0 heterocycles. The van der Waals surface area contributed by atoms with Crippen molar-refractivity contribution in [2.24, 2.45) is 0 Å². The van der Waals surface area contributed by atoms with Crippen molar-refractivity contribution >= 4 is 39.3 Å². The number of aryl methyl sites for hydroxylation is 1. The largest absolute Gasteiger partial charge is 0.492 e. The highest BCUT2D eigenvalue weighted by Gasteiger charge is 2.35. The van der Waals surface area contributed by atoms with Crippen LogP contribution in [-0.2, 0) is 26.2 Å². The molecule has 1 N–H and O–H groups in total. The van der Waals surface area contributed by atoms with Crippen molar-refractivity contribution in [3.63, 3.8) is 0 Å². The molecule has 1 atom stereocenters. The van der Waals surface area contributed by atoms with Crippen LogP contribution in [0.25, 0.3) is 0 Å². The first-order valence-corrected chi connectivity index (χ1v) is 16.7. The Kier molecular flexibility index (Phi) is 11.9. The van der Waals surface area contributed by atoms with Crippen LogP contribution in [0.5, 0.6) is 5.75 Å². The van der Waals surface area contributed by atoms with Gasteiger partial charge in [0.1, 0.15) is 18.3 Å². The summed E-state index contributed by atoms with van der Waals surface area (Å²) < 4.78 is 35.2. The molecule has 0 aromatic heterocycles. The normalized spacial score (nSPS) is 12.1. The summed E-state index contributed by atoms with van der Waals surface area (Å²) in [5.74, 6) is -0.450. The standard InChI is InChI=1S/C32H41N3O5S2/c1-7-28(32(37)33-23(3)4)34(21-25-15-13-24(5)14-16-25)31(36)22-35(29-11-9-10-12-30(29)40-8-2)42(38,39)27-19-17-26(41-6)18-20-27/h9-20,23,28H,7-8,21-22H2,1-6H3,(H,33,37). The zero-order valence-corrected chi connectivity index (χ0v) is 26.8. The smallest absolute Gasteiger partial charge is 0.264 e. The summed E-state index contributed by atoms with van der Waals surface area (Å²) >= 11 is 1.50. The summed E-state index contributed by atoms with van der Waals surface area (Å²) in [6, 6.07) is 20.1. The fraction of sp³-hybridized carbons (Fsp3) is 0.375. The summed E-state index contributed by atoms with van der Waals surface area (Å²) in [5.41, 5.74) is 2.15. The average molecular weight is 612 g/mol. The number of amides is 2. The fourth-order valence-corrected chi connectivity index (χ4v) is 6.35. The first-order chi connectivity index (χ1) is 20.0. The van der Waals surface area contributed by atoms with Gasteiger partial charge in [0, 0.05) is 17.5 Å². The lowest BCUT2D eigenvalue weighted by atomic mass is 10.1. The number of para-hydroxylation sites is 2. The van der Waals surface area contributed by atoms with Crippen LogP contribution in [-0.4, -0.2) is 56.6 Å². The summed E-state index contributed by atoms with van der Waals surface area (Å²) in [4.78, 5) is 30.0. The predicted octanol–water partition coefficient (Wildman–Crippen LogP) is 5.64. The maximum atomic E-state index is 14.2. The number of nitrogens with one attached hydrogen (secondary N) is 1. The van der Waals surface area contributed by atoms with Gasteiger partial charge >= 0.3 is 0 Å². The minimum Gasteiger partial charge on any atom is -0.492 e. The second kappa shape index (κ2) is 15.1. The monoisotopic (exact) mass is 611 g/mol. The second-order valence-electron chi connectivity index (χ2n) is 10.2. The molecule has 3 rings (SSSR count). The van der Waals surface area contributed by atoms with Gasteiger partial charge in [-0.1, -0.05) is 48.9 Å². The zero-order valence-electron chi connectivity index (χ0n) is 25.2. The Bertz CT molecular complexity index is 1440. The highest BCUT2D eigenvalue weighted by molar-refractivity contribution is 7.98. The van der Waals surface area contributed by atoms with E-state index in [2.05, 4.69) is 5.32 Å². The number of anilines is 1. The van der Waals surface area contributed by atoms with E-state index in [9.17, 15) is 18.0 Å². The molecule has 8 nitrogen and oxygen atoms in total. The maximum Gasteiger partial charge on any atom is 0.264 e. The van der Waals surface area contributed by atoms with Gasteiger partial charge in [0.25, 0.3) is 10.0 Å². The number of benzene rings is 3. The lowest BCUT2D eigenvalue weighted by Gasteiger charge is -2.34. The van der Waals surface area contributed by atoms with Gasteiger partial charge in [-0.05, 0) is 82.3 Å². The van der Waals surface area contributed by atoms with Gasteiger partial charge in [0.05, 0.1) is 17.2 Å². The molecule has 0 radical (unpaired) electrons. The minimum absolute atomic E-state index is 0.0501. The number of carbonyl (C=O) groups excluding carboxylic acids is 2. The van der Waals surface area contributed by atoms with Crippen LogP contribution in [0.15, 0.2) is 82.6 Å². The molecular weight excluding hydrogens is 571 g/mol. The number of hydrogen-bond acceptors (Lipinski definition) is 6. The zero-order chi connectivity index (χ0) is 30.9. The highest BCUT2D eigenvalue weighted by Crippen LogP contribution is 2.33. The number of sulfonamides is 1. The molecule has 226 valence electrons. The molecule has 0 aliphatic heterocycles. The Balaban J connectivity index is 2.11. The van der Waals surface area contributed by atoms with Crippen LogP contribution >= 0.6 is 11.8 Å². The Labute approximate surface area is 254 Å². The molecule has 0 spiro atoms. The molecule has 0 bridgehead atoms.